The summed E-state index contributed by atoms with van der Waals surface area (Å²) in [5.74, 6) is 0.963. The predicted molar refractivity (Wildman–Crippen MR) is 137 cm³/mol. The van der Waals surface area contributed by atoms with Gasteiger partial charge in [-0.3, -0.25) is 4.79 Å². The highest BCUT2D eigenvalue weighted by atomic mass is 35.5. The van der Waals surface area contributed by atoms with Gasteiger partial charge in [-0.1, -0.05) is 60.1 Å². The molecule has 0 unspecified atom stereocenters. The lowest BCUT2D eigenvalue weighted by Gasteiger charge is -2.23. The fourth-order valence-electron chi connectivity index (χ4n) is 3.94. The van der Waals surface area contributed by atoms with Crippen molar-refractivity contribution in [3.8, 4) is 5.75 Å². The van der Waals surface area contributed by atoms with Crippen molar-refractivity contribution < 1.29 is 19.4 Å². The number of nitrogens with one attached hydrogen (secondary N) is 1. The molecule has 0 aliphatic carbocycles. The van der Waals surface area contributed by atoms with Gasteiger partial charge in [0.05, 0.1) is 6.61 Å². The van der Waals surface area contributed by atoms with E-state index in [4.69, 9.17) is 31.2 Å². The van der Waals surface area contributed by atoms with E-state index in [2.05, 4.69) is 5.32 Å². The van der Waals surface area contributed by atoms with Gasteiger partial charge in [0.25, 0.3) is 5.91 Å². The Morgan fingerprint density at radius 2 is 1.80 bits per heavy atom. The summed E-state index contributed by atoms with van der Waals surface area (Å²) in [6.07, 6.45) is 1.63. The maximum Gasteiger partial charge on any atom is 0.251 e. The van der Waals surface area contributed by atoms with Crippen LogP contribution in [0.25, 0.3) is 0 Å². The number of rotatable bonds is 11. The van der Waals surface area contributed by atoms with Gasteiger partial charge in [-0.2, -0.15) is 0 Å². The van der Waals surface area contributed by atoms with Gasteiger partial charge in [0.15, 0.2) is 5.54 Å². The fraction of sp³-hybridized carbons (Fsp3) is 0.286. The molecule has 1 amide bonds. The van der Waals surface area contributed by atoms with Gasteiger partial charge >= 0.3 is 0 Å². The van der Waals surface area contributed by atoms with Gasteiger partial charge in [-0.15, -0.1) is 0 Å². The van der Waals surface area contributed by atoms with E-state index in [0.29, 0.717) is 49.1 Å². The summed E-state index contributed by atoms with van der Waals surface area (Å²) in [7, 11) is 0. The average Bonchev–Trinajstić information content (AvgIpc) is 3.31. The molecule has 0 fully saturated rings. The predicted octanol–water partition coefficient (Wildman–Crippen LogP) is 4.22. The van der Waals surface area contributed by atoms with E-state index >= 15 is 0 Å². The second-order valence-electron chi connectivity index (χ2n) is 8.45. The highest BCUT2D eigenvalue weighted by Gasteiger charge is 2.44. The van der Waals surface area contributed by atoms with Crippen molar-refractivity contribution >= 4 is 23.4 Å². The molecular formula is C28H29ClN2O4. The van der Waals surface area contributed by atoms with Crippen molar-refractivity contribution in [2.24, 2.45) is 4.99 Å². The van der Waals surface area contributed by atoms with Gasteiger partial charge < -0.3 is 19.9 Å². The zero-order chi connectivity index (χ0) is 24.5. The minimum absolute atomic E-state index is 0.0900. The number of hydrogen-bond acceptors (Lipinski definition) is 5. The molecule has 0 aromatic heterocycles. The molecule has 182 valence electrons. The van der Waals surface area contributed by atoms with Gasteiger partial charge in [0.1, 0.15) is 12.4 Å². The third kappa shape index (κ3) is 6.41. The maximum atomic E-state index is 13.5. The van der Waals surface area contributed by atoms with E-state index in [1.165, 1.54) is 0 Å². The summed E-state index contributed by atoms with van der Waals surface area (Å²) in [6, 6.07) is 24.9. The van der Waals surface area contributed by atoms with Crippen molar-refractivity contribution in [3.63, 3.8) is 0 Å². The van der Waals surface area contributed by atoms with Crippen LogP contribution in [0.15, 0.2) is 83.9 Å². The summed E-state index contributed by atoms with van der Waals surface area (Å²) in [4.78, 5) is 18.3. The van der Waals surface area contributed by atoms with Crippen LogP contribution in [0.1, 0.15) is 23.1 Å². The topological polar surface area (TPSA) is 80.2 Å². The minimum atomic E-state index is -1.06. The largest absolute Gasteiger partial charge is 0.494 e. The Labute approximate surface area is 210 Å². The first-order valence-corrected chi connectivity index (χ1v) is 12.1. The first-order chi connectivity index (χ1) is 17.1. The molecule has 2 N–H and O–H groups in total. The third-order valence-electron chi connectivity index (χ3n) is 5.84. The van der Waals surface area contributed by atoms with Crippen molar-refractivity contribution in [2.45, 2.75) is 24.8 Å². The molecule has 3 aromatic rings. The lowest BCUT2D eigenvalue weighted by Crippen LogP contribution is -2.49. The summed E-state index contributed by atoms with van der Waals surface area (Å²) >= 11 is 6.26. The molecule has 1 aliphatic rings. The first kappa shape index (κ1) is 24.8. The Bertz CT molecular complexity index is 1150. The second kappa shape index (κ2) is 11.9. The van der Waals surface area contributed by atoms with Crippen LogP contribution < -0.4 is 10.1 Å². The number of benzene rings is 3. The lowest BCUT2D eigenvalue weighted by atomic mass is 9.91. The van der Waals surface area contributed by atoms with Gasteiger partial charge in [-0.05, 0) is 47.9 Å². The van der Waals surface area contributed by atoms with E-state index in [9.17, 15) is 4.79 Å². The molecule has 0 radical (unpaired) electrons. The third-order valence-corrected chi connectivity index (χ3v) is 6.20. The van der Waals surface area contributed by atoms with Crippen LogP contribution in [0.5, 0.6) is 5.75 Å². The van der Waals surface area contributed by atoms with E-state index in [1.54, 1.807) is 0 Å². The number of carbonyl (C=O) groups excluding carboxylic acids is 1. The molecule has 3 aromatic carbocycles. The van der Waals surface area contributed by atoms with E-state index in [0.717, 1.165) is 16.7 Å². The number of aliphatic imine (C=N–C) groups is 1. The smallest absolute Gasteiger partial charge is 0.251 e. The number of nitrogens with zero attached hydrogens (tertiary/aromatic N) is 1. The van der Waals surface area contributed by atoms with Crippen molar-refractivity contribution in [1.29, 1.82) is 0 Å². The van der Waals surface area contributed by atoms with Crippen LogP contribution in [0, 0.1) is 0 Å². The number of hydrogen-bond donors (Lipinski definition) is 2. The molecule has 1 aliphatic heterocycles. The fourth-order valence-corrected chi connectivity index (χ4v) is 4.17. The first-order valence-electron chi connectivity index (χ1n) is 11.7. The Morgan fingerprint density at radius 3 is 2.54 bits per heavy atom. The van der Waals surface area contributed by atoms with Gasteiger partial charge in [0.2, 0.25) is 5.90 Å². The number of halogens is 1. The van der Waals surface area contributed by atoms with Crippen LogP contribution >= 0.6 is 11.6 Å². The Balaban J connectivity index is 1.50. The Hall–Kier alpha value is -3.35. The maximum absolute atomic E-state index is 13.5. The van der Waals surface area contributed by atoms with Crippen LogP contribution in [0.2, 0.25) is 5.02 Å². The number of amides is 1. The zero-order valence-electron chi connectivity index (χ0n) is 19.5. The zero-order valence-corrected chi connectivity index (χ0v) is 20.2. The molecule has 6 nitrogen and oxygen atoms in total. The summed E-state index contributed by atoms with van der Waals surface area (Å²) < 4.78 is 11.6. The van der Waals surface area contributed by atoms with Gasteiger partial charge in [0, 0.05) is 36.6 Å². The SMILES string of the molecule is O=C(NCCc1ccccc1Cl)[C@@]1(Cc2ccccc2)COC(c2ccc(OCCCO)cc2)=N1. The van der Waals surface area contributed by atoms with E-state index in [1.807, 2.05) is 78.9 Å². The van der Waals surface area contributed by atoms with E-state index in [-0.39, 0.29) is 19.1 Å². The van der Waals surface area contributed by atoms with Crippen LogP contribution in [0.3, 0.4) is 0 Å². The molecule has 4 rings (SSSR count). The molecule has 0 bridgehead atoms. The van der Waals surface area contributed by atoms with E-state index < -0.39 is 5.54 Å². The number of aliphatic hydroxyl groups excluding tert-OH is 1. The lowest BCUT2D eigenvalue weighted by molar-refractivity contribution is -0.126. The molecule has 35 heavy (non-hydrogen) atoms. The number of carbonyl (C=O) groups is 1. The summed E-state index contributed by atoms with van der Waals surface area (Å²) in [5, 5.41) is 12.6. The van der Waals surface area contributed by atoms with Crippen molar-refractivity contribution in [2.75, 3.05) is 26.4 Å². The van der Waals surface area contributed by atoms with Crippen LogP contribution in [-0.2, 0) is 22.4 Å². The molecule has 7 heteroatoms. The van der Waals surface area contributed by atoms with Crippen molar-refractivity contribution in [1.82, 2.24) is 5.32 Å². The Kier molecular flexibility index (Phi) is 8.40. The summed E-state index contributed by atoms with van der Waals surface area (Å²) in [5.41, 5.74) is 1.71. The molecule has 1 atom stereocenters. The van der Waals surface area contributed by atoms with Crippen molar-refractivity contribution in [3.05, 3.63) is 101 Å². The normalized spacial score (nSPS) is 16.9. The summed E-state index contributed by atoms with van der Waals surface area (Å²) in [6.45, 7) is 1.14. The number of ether oxygens (including phenoxy) is 2. The van der Waals surface area contributed by atoms with Gasteiger partial charge in [-0.25, -0.2) is 4.99 Å². The molecule has 0 spiro atoms. The quantitative estimate of drug-likeness (QED) is 0.393. The molecular weight excluding hydrogens is 464 g/mol. The Morgan fingerprint density at radius 1 is 1.06 bits per heavy atom. The standard InChI is InChI=1S/C28H29ClN2O4/c29-25-10-5-4-9-22(25)15-16-30-27(33)28(19-21-7-2-1-3-8-21)20-35-26(31-28)23-11-13-24(14-12-23)34-18-6-17-32/h1-5,7-14,32H,6,15-20H2,(H,30,33)/t28-/m1/s1. The highest BCUT2D eigenvalue weighted by Crippen LogP contribution is 2.28. The monoisotopic (exact) mass is 492 g/mol. The molecule has 0 saturated carbocycles. The minimum Gasteiger partial charge on any atom is -0.494 e. The van der Waals surface area contributed by atoms with Crippen LogP contribution in [0.4, 0.5) is 0 Å². The molecule has 0 saturated heterocycles. The number of aliphatic hydroxyl groups is 1. The molecule has 1 heterocycles. The average molecular weight is 493 g/mol. The van der Waals surface area contributed by atoms with Crippen LogP contribution in [-0.4, -0.2) is 48.8 Å². The second-order valence-corrected chi connectivity index (χ2v) is 8.85. The highest BCUT2D eigenvalue weighted by molar-refractivity contribution is 6.31.